The van der Waals surface area contributed by atoms with Crippen molar-refractivity contribution < 1.29 is 19.4 Å². The normalized spacial score (nSPS) is 23.4. The fourth-order valence-corrected chi connectivity index (χ4v) is 4.77. The van der Waals surface area contributed by atoms with Crippen molar-refractivity contribution in [2.24, 2.45) is 0 Å². The van der Waals surface area contributed by atoms with Gasteiger partial charge in [0.2, 0.25) is 5.91 Å². The number of amides is 1. The molecule has 1 atom stereocenters. The molecule has 1 saturated carbocycles. The van der Waals surface area contributed by atoms with Gasteiger partial charge in [0.1, 0.15) is 5.37 Å². The van der Waals surface area contributed by atoms with Crippen LogP contribution in [-0.4, -0.2) is 48.0 Å². The lowest BCUT2D eigenvalue weighted by Crippen LogP contribution is -2.45. The highest BCUT2D eigenvalue weighted by molar-refractivity contribution is 8.00. The Morgan fingerprint density at radius 2 is 1.92 bits per heavy atom. The van der Waals surface area contributed by atoms with E-state index in [1.807, 2.05) is 23.1 Å². The van der Waals surface area contributed by atoms with Crippen molar-refractivity contribution in [2.45, 2.75) is 43.1 Å². The Kier molecular flexibility index (Phi) is 5.25. The second kappa shape index (κ2) is 7.23. The number of carbonyl (C=O) groups excluding carboxylic acids is 1. The van der Waals surface area contributed by atoms with E-state index in [-0.39, 0.29) is 11.3 Å². The van der Waals surface area contributed by atoms with Crippen molar-refractivity contribution in [1.29, 1.82) is 0 Å². The van der Waals surface area contributed by atoms with E-state index in [4.69, 9.17) is 9.47 Å². The minimum absolute atomic E-state index is 0.0803. The Hall–Kier alpha value is -1.40. The largest absolute Gasteiger partial charge is 0.493 e. The van der Waals surface area contributed by atoms with Gasteiger partial charge in [-0.25, -0.2) is 0 Å². The molecule has 0 bridgehead atoms. The zero-order chi connectivity index (χ0) is 17.2. The van der Waals surface area contributed by atoms with Crippen molar-refractivity contribution in [3.63, 3.8) is 0 Å². The monoisotopic (exact) mass is 351 g/mol. The fraction of sp³-hybridized carbons (Fsp3) is 0.611. The first-order valence-electron chi connectivity index (χ1n) is 8.42. The van der Waals surface area contributed by atoms with Gasteiger partial charge in [0.05, 0.1) is 32.1 Å². The summed E-state index contributed by atoms with van der Waals surface area (Å²) >= 11 is 1.60. The number of thioether (sulfide) groups is 1. The molecule has 6 heteroatoms. The van der Waals surface area contributed by atoms with E-state index < -0.39 is 5.60 Å². The van der Waals surface area contributed by atoms with E-state index >= 15 is 0 Å². The highest BCUT2D eigenvalue weighted by Crippen LogP contribution is 2.43. The average Bonchev–Trinajstić information content (AvgIpc) is 2.95. The van der Waals surface area contributed by atoms with Gasteiger partial charge in [-0.2, -0.15) is 0 Å². The molecule has 1 unspecified atom stereocenters. The second-order valence-electron chi connectivity index (χ2n) is 6.58. The van der Waals surface area contributed by atoms with Crippen LogP contribution in [0.4, 0.5) is 0 Å². The van der Waals surface area contributed by atoms with Crippen LogP contribution < -0.4 is 9.47 Å². The van der Waals surface area contributed by atoms with Crippen LogP contribution in [-0.2, 0) is 4.79 Å². The first-order valence-corrected chi connectivity index (χ1v) is 9.46. The quantitative estimate of drug-likeness (QED) is 0.884. The van der Waals surface area contributed by atoms with Gasteiger partial charge in [0.15, 0.2) is 11.5 Å². The molecular formula is C18H25NO4S. The molecule has 0 aromatic heterocycles. The highest BCUT2D eigenvalue weighted by atomic mass is 32.2. The van der Waals surface area contributed by atoms with Crippen molar-refractivity contribution in [1.82, 2.24) is 4.90 Å². The molecule has 2 fully saturated rings. The average molecular weight is 351 g/mol. The van der Waals surface area contributed by atoms with Crippen LogP contribution >= 0.6 is 11.8 Å². The van der Waals surface area contributed by atoms with Crippen LogP contribution in [0.1, 0.15) is 43.0 Å². The molecule has 3 rings (SSSR count). The van der Waals surface area contributed by atoms with Gasteiger partial charge < -0.3 is 19.5 Å². The second-order valence-corrected chi connectivity index (χ2v) is 7.65. The van der Waals surface area contributed by atoms with Crippen LogP contribution in [0.2, 0.25) is 0 Å². The summed E-state index contributed by atoms with van der Waals surface area (Å²) in [5.41, 5.74) is 0.260. The van der Waals surface area contributed by atoms with E-state index in [0.29, 0.717) is 23.8 Å². The minimum Gasteiger partial charge on any atom is -0.493 e. The van der Waals surface area contributed by atoms with E-state index in [0.717, 1.165) is 31.2 Å². The van der Waals surface area contributed by atoms with E-state index in [2.05, 4.69) is 0 Å². The molecule has 1 heterocycles. The number of methoxy groups -OCH3 is 2. The number of nitrogens with zero attached hydrogens (tertiary/aromatic N) is 1. The molecule has 24 heavy (non-hydrogen) atoms. The topological polar surface area (TPSA) is 59.0 Å². The van der Waals surface area contributed by atoms with Gasteiger partial charge in [0.25, 0.3) is 0 Å². The lowest BCUT2D eigenvalue weighted by molar-refractivity contribution is -0.132. The summed E-state index contributed by atoms with van der Waals surface area (Å²) in [7, 11) is 3.22. The maximum Gasteiger partial charge on any atom is 0.233 e. The van der Waals surface area contributed by atoms with Gasteiger partial charge >= 0.3 is 0 Å². The smallest absolute Gasteiger partial charge is 0.233 e. The van der Waals surface area contributed by atoms with Crippen LogP contribution in [0.3, 0.4) is 0 Å². The number of benzene rings is 1. The first-order chi connectivity index (χ1) is 11.6. The summed E-state index contributed by atoms with van der Waals surface area (Å²) in [6.07, 6.45) is 4.80. The molecule has 1 N–H and O–H groups in total. The number of aliphatic hydroxyl groups is 1. The van der Waals surface area contributed by atoms with Gasteiger partial charge in [0, 0.05) is 0 Å². The Morgan fingerprint density at radius 3 is 2.58 bits per heavy atom. The Morgan fingerprint density at radius 1 is 1.21 bits per heavy atom. The van der Waals surface area contributed by atoms with Gasteiger partial charge in [-0.15, -0.1) is 11.8 Å². The predicted molar refractivity (Wildman–Crippen MR) is 94.5 cm³/mol. The molecule has 1 aromatic carbocycles. The summed E-state index contributed by atoms with van der Waals surface area (Å²) in [6, 6.07) is 5.76. The Balaban J connectivity index is 1.82. The minimum atomic E-state index is -0.742. The van der Waals surface area contributed by atoms with Crippen LogP contribution in [0.25, 0.3) is 0 Å². The zero-order valence-corrected chi connectivity index (χ0v) is 15.1. The lowest BCUT2D eigenvalue weighted by atomic mass is 9.84. The van der Waals surface area contributed by atoms with Crippen molar-refractivity contribution >= 4 is 17.7 Å². The van der Waals surface area contributed by atoms with E-state index in [9.17, 15) is 9.90 Å². The molecule has 0 spiro atoms. The van der Waals surface area contributed by atoms with Gasteiger partial charge in [-0.3, -0.25) is 4.79 Å². The number of hydrogen-bond acceptors (Lipinski definition) is 5. The van der Waals surface area contributed by atoms with Crippen molar-refractivity contribution in [2.75, 3.05) is 26.5 Å². The molecule has 1 saturated heterocycles. The first kappa shape index (κ1) is 17.4. The molecule has 5 nitrogen and oxygen atoms in total. The summed E-state index contributed by atoms with van der Waals surface area (Å²) in [5, 5.41) is 10.8. The van der Waals surface area contributed by atoms with Gasteiger partial charge in [-0.1, -0.05) is 25.3 Å². The Labute approximate surface area is 147 Å². The standard InChI is InChI=1S/C18H25NO4S/c1-22-14-7-6-13(10-15(14)23-2)17-19(16(20)11-24-17)12-18(21)8-4-3-5-9-18/h6-7,10,17,21H,3-5,8-9,11-12H2,1-2H3. The predicted octanol–water partition coefficient (Wildman–Crippen LogP) is 2.97. The summed E-state index contributed by atoms with van der Waals surface area (Å²) in [4.78, 5) is 14.2. The maximum absolute atomic E-state index is 12.4. The molecule has 132 valence electrons. The van der Waals surface area contributed by atoms with Crippen LogP contribution in [0.5, 0.6) is 11.5 Å². The molecule has 2 aliphatic rings. The summed E-state index contributed by atoms with van der Waals surface area (Å²) < 4.78 is 10.7. The van der Waals surface area contributed by atoms with Crippen LogP contribution in [0, 0.1) is 0 Å². The number of β-amino-alcohol motifs (C(OH)–C–C–N with tert-alkyl or cyclic N) is 1. The molecular weight excluding hydrogens is 326 g/mol. The third-order valence-corrected chi connectivity index (χ3v) is 6.17. The number of hydrogen-bond donors (Lipinski definition) is 1. The zero-order valence-electron chi connectivity index (χ0n) is 14.3. The van der Waals surface area contributed by atoms with E-state index in [1.165, 1.54) is 6.42 Å². The van der Waals surface area contributed by atoms with Crippen molar-refractivity contribution in [3.05, 3.63) is 23.8 Å². The Bertz CT molecular complexity index is 601. The molecule has 1 aliphatic heterocycles. The number of ether oxygens (including phenoxy) is 2. The number of rotatable bonds is 5. The summed E-state index contributed by atoms with van der Waals surface area (Å²) in [5.74, 6) is 1.88. The lowest BCUT2D eigenvalue weighted by Gasteiger charge is -2.37. The molecule has 0 radical (unpaired) electrons. The fourth-order valence-electron chi connectivity index (χ4n) is 3.59. The molecule has 1 aliphatic carbocycles. The summed E-state index contributed by atoms with van der Waals surface area (Å²) in [6.45, 7) is 0.415. The number of carbonyl (C=O) groups is 1. The van der Waals surface area contributed by atoms with Crippen molar-refractivity contribution in [3.8, 4) is 11.5 Å². The third kappa shape index (κ3) is 3.49. The third-order valence-electron chi connectivity index (χ3n) is 4.91. The highest BCUT2D eigenvalue weighted by Gasteiger charge is 2.40. The van der Waals surface area contributed by atoms with E-state index in [1.54, 1.807) is 26.0 Å². The van der Waals surface area contributed by atoms with Crippen LogP contribution in [0.15, 0.2) is 18.2 Å². The molecule has 1 amide bonds. The SMILES string of the molecule is COc1ccc(C2SCC(=O)N2CC2(O)CCCCC2)cc1OC. The molecule has 1 aromatic rings. The maximum atomic E-state index is 12.4. The van der Waals surface area contributed by atoms with Gasteiger partial charge in [-0.05, 0) is 30.5 Å².